The van der Waals surface area contributed by atoms with Crippen LogP contribution in [0.3, 0.4) is 0 Å². The molecule has 0 aliphatic carbocycles. The lowest BCUT2D eigenvalue weighted by Gasteiger charge is -2.33. The second-order valence-electron chi connectivity index (χ2n) is 6.67. The first kappa shape index (κ1) is 18.2. The van der Waals surface area contributed by atoms with Gasteiger partial charge in [0.2, 0.25) is 11.9 Å². The molecule has 0 bridgehead atoms. The number of likely N-dealkylation sites (tertiary alicyclic amines) is 1. The second-order valence-corrected chi connectivity index (χ2v) is 7.08. The molecule has 130 valence electrons. The number of ether oxygens (including phenoxy) is 1. The van der Waals surface area contributed by atoms with Gasteiger partial charge in [0.15, 0.2) is 0 Å². The molecule has 2 rings (SSSR count). The molecule has 1 aromatic carbocycles. The first-order chi connectivity index (χ1) is 11.1. The molecule has 2 atom stereocenters. The summed E-state index contributed by atoms with van der Waals surface area (Å²) in [6.07, 6.45) is -1.04. The Hall–Kier alpha value is -2.15. The molecule has 0 saturated carbocycles. The number of nitro groups is 1. The summed E-state index contributed by atoms with van der Waals surface area (Å²) in [4.78, 5) is 36.3. The van der Waals surface area contributed by atoms with Crippen molar-refractivity contribution in [1.82, 2.24) is 4.90 Å². The number of hydrogen-bond donors (Lipinski definition) is 0. The maximum atomic E-state index is 12.3. The zero-order valence-electron chi connectivity index (χ0n) is 13.7. The molecule has 1 heterocycles. The van der Waals surface area contributed by atoms with Crippen LogP contribution in [0.2, 0.25) is 5.02 Å². The highest BCUT2D eigenvalue weighted by Gasteiger charge is 2.46. The topological polar surface area (TPSA) is 89.8 Å². The van der Waals surface area contributed by atoms with Crippen LogP contribution in [0.4, 0.5) is 4.79 Å². The van der Waals surface area contributed by atoms with Crippen molar-refractivity contribution in [2.24, 2.45) is 0 Å². The zero-order valence-corrected chi connectivity index (χ0v) is 14.4. The van der Waals surface area contributed by atoms with Gasteiger partial charge in [0.05, 0.1) is 5.92 Å². The minimum atomic E-state index is -1.13. The smallest absolute Gasteiger partial charge is 0.417 e. The highest BCUT2D eigenvalue weighted by atomic mass is 35.5. The van der Waals surface area contributed by atoms with E-state index in [4.69, 9.17) is 16.3 Å². The Morgan fingerprint density at radius 1 is 1.38 bits per heavy atom. The van der Waals surface area contributed by atoms with Crippen molar-refractivity contribution in [3.63, 3.8) is 0 Å². The van der Waals surface area contributed by atoms with E-state index in [0.717, 1.165) is 4.90 Å². The highest BCUT2D eigenvalue weighted by molar-refractivity contribution is 6.31. The van der Waals surface area contributed by atoms with Crippen molar-refractivity contribution in [3.05, 3.63) is 45.0 Å². The molecule has 24 heavy (non-hydrogen) atoms. The van der Waals surface area contributed by atoms with Gasteiger partial charge in [-0.2, -0.15) is 0 Å². The Morgan fingerprint density at radius 3 is 2.54 bits per heavy atom. The third kappa shape index (κ3) is 4.03. The average Bonchev–Trinajstić information content (AvgIpc) is 2.45. The lowest BCUT2D eigenvalue weighted by atomic mass is 9.85. The van der Waals surface area contributed by atoms with Gasteiger partial charge in [0.1, 0.15) is 12.1 Å². The summed E-state index contributed by atoms with van der Waals surface area (Å²) in [6, 6.07) is 5.58. The van der Waals surface area contributed by atoms with Crippen molar-refractivity contribution in [3.8, 4) is 0 Å². The molecule has 0 unspecified atom stereocenters. The van der Waals surface area contributed by atoms with E-state index in [1.807, 2.05) is 0 Å². The van der Waals surface area contributed by atoms with Crippen molar-refractivity contribution in [1.29, 1.82) is 0 Å². The van der Waals surface area contributed by atoms with Gasteiger partial charge in [0.25, 0.3) is 0 Å². The van der Waals surface area contributed by atoms with Crippen molar-refractivity contribution in [2.75, 3.05) is 6.54 Å². The molecule has 0 aromatic heterocycles. The number of halogens is 1. The monoisotopic (exact) mass is 354 g/mol. The molecular weight excluding hydrogens is 336 g/mol. The van der Waals surface area contributed by atoms with E-state index in [-0.39, 0.29) is 13.0 Å². The van der Waals surface area contributed by atoms with Gasteiger partial charge in [-0.3, -0.25) is 14.9 Å². The molecular formula is C16H19ClN2O5. The SMILES string of the molecule is CC(C)(C)OC(=O)N1C[C@H]([N+](=O)[O-])[C@@H](c2ccccc2Cl)CC1=O. The van der Waals surface area contributed by atoms with Gasteiger partial charge >= 0.3 is 6.09 Å². The summed E-state index contributed by atoms with van der Waals surface area (Å²) in [6.45, 7) is 4.65. The van der Waals surface area contributed by atoms with Crippen LogP contribution in [0.15, 0.2) is 24.3 Å². The van der Waals surface area contributed by atoms with Crippen LogP contribution in [0, 0.1) is 10.1 Å². The number of carbonyl (C=O) groups excluding carboxylic acids is 2. The van der Waals surface area contributed by atoms with Crippen LogP contribution in [0.1, 0.15) is 38.7 Å². The largest absolute Gasteiger partial charge is 0.443 e. The lowest BCUT2D eigenvalue weighted by Crippen LogP contribution is -2.53. The highest BCUT2D eigenvalue weighted by Crippen LogP contribution is 2.35. The molecule has 2 amide bonds. The summed E-state index contributed by atoms with van der Waals surface area (Å²) in [7, 11) is 0. The number of imide groups is 1. The fourth-order valence-electron chi connectivity index (χ4n) is 2.65. The number of carbonyl (C=O) groups is 2. The predicted octanol–water partition coefficient (Wildman–Crippen LogP) is 3.24. The van der Waals surface area contributed by atoms with Gasteiger partial charge in [-0.1, -0.05) is 29.8 Å². The van der Waals surface area contributed by atoms with Crippen molar-refractivity contribution < 1.29 is 19.2 Å². The quantitative estimate of drug-likeness (QED) is 0.600. The summed E-state index contributed by atoms with van der Waals surface area (Å²) < 4.78 is 5.16. The minimum Gasteiger partial charge on any atom is -0.443 e. The van der Waals surface area contributed by atoms with Gasteiger partial charge in [-0.15, -0.1) is 0 Å². The van der Waals surface area contributed by atoms with E-state index in [9.17, 15) is 19.7 Å². The van der Waals surface area contributed by atoms with Gasteiger partial charge in [-0.05, 0) is 32.4 Å². The van der Waals surface area contributed by atoms with E-state index in [0.29, 0.717) is 10.6 Å². The predicted molar refractivity (Wildman–Crippen MR) is 87.5 cm³/mol. The summed E-state index contributed by atoms with van der Waals surface area (Å²) in [5.74, 6) is -1.19. The Morgan fingerprint density at radius 2 is 2.00 bits per heavy atom. The maximum Gasteiger partial charge on any atom is 0.417 e. The van der Waals surface area contributed by atoms with E-state index in [2.05, 4.69) is 0 Å². The van der Waals surface area contributed by atoms with E-state index >= 15 is 0 Å². The van der Waals surface area contributed by atoms with Gasteiger partial charge in [0, 0.05) is 16.4 Å². The molecule has 1 aliphatic heterocycles. The Labute approximate surface area is 144 Å². The summed E-state index contributed by atoms with van der Waals surface area (Å²) >= 11 is 6.12. The average molecular weight is 355 g/mol. The first-order valence-corrected chi connectivity index (χ1v) is 7.89. The molecule has 1 aromatic rings. The summed E-state index contributed by atoms with van der Waals surface area (Å²) in [5, 5.41) is 11.9. The number of rotatable bonds is 2. The van der Waals surface area contributed by atoms with Crippen LogP contribution in [0.25, 0.3) is 0 Å². The second kappa shape index (κ2) is 6.76. The van der Waals surface area contributed by atoms with Crippen LogP contribution < -0.4 is 0 Å². The van der Waals surface area contributed by atoms with Gasteiger partial charge < -0.3 is 4.74 Å². The van der Waals surface area contributed by atoms with E-state index in [1.165, 1.54) is 0 Å². The normalized spacial score (nSPS) is 21.5. The molecule has 0 N–H and O–H groups in total. The number of hydrogen-bond acceptors (Lipinski definition) is 5. The standard InChI is InChI=1S/C16H19ClN2O5/c1-16(2,3)24-15(21)18-9-13(19(22)23)11(8-14(18)20)10-6-4-5-7-12(10)17/h4-7,11,13H,8-9H2,1-3H3/t11-,13+/m1/s1. The zero-order chi connectivity index (χ0) is 18.1. The number of amides is 2. The lowest BCUT2D eigenvalue weighted by molar-refractivity contribution is -0.527. The van der Waals surface area contributed by atoms with Crippen LogP contribution >= 0.6 is 11.6 Å². The molecule has 0 spiro atoms. The van der Waals surface area contributed by atoms with Crippen molar-refractivity contribution >= 4 is 23.6 Å². The molecule has 8 heteroatoms. The Balaban J connectivity index is 2.28. The molecule has 0 radical (unpaired) electrons. The van der Waals surface area contributed by atoms with Gasteiger partial charge in [-0.25, -0.2) is 9.69 Å². The number of piperidine rings is 1. The number of nitrogens with zero attached hydrogens (tertiary/aromatic N) is 2. The minimum absolute atomic E-state index is 0.172. The fraction of sp³-hybridized carbons (Fsp3) is 0.500. The third-order valence-corrected chi connectivity index (χ3v) is 4.06. The Bertz CT molecular complexity index is 671. The summed E-state index contributed by atoms with van der Waals surface area (Å²) in [5.41, 5.74) is -0.251. The number of benzene rings is 1. The van der Waals surface area contributed by atoms with Crippen molar-refractivity contribution in [2.45, 2.75) is 44.8 Å². The fourth-order valence-corrected chi connectivity index (χ4v) is 2.93. The first-order valence-electron chi connectivity index (χ1n) is 7.51. The molecule has 1 fully saturated rings. The third-order valence-electron chi connectivity index (χ3n) is 3.72. The van der Waals surface area contributed by atoms with Crippen LogP contribution in [0.5, 0.6) is 0 Å². The van der Waals surface area contributed by atoms with E-state index < -0.39 is 34.5 Å². The Kier molecular flexibility index (Phi) is 5.13. The molecule has 1 saturated heterocycles. The van der Waals surface area contributed by atoms with Crippen LogP contribution in [-0.4, -0.2) is 40.0 Å². The molecule has 7 nitrogen and oxygen atoms in total. The maximum absolute atomic E-state index is 12.3. The van der Waals surface area contributed by atoms with Crippen LogP contribution in [-0.2, 0) is 9.53 Å². The van der Waals surface area contributed by atoms with E-state index in [1.54, 1.807) is 45.0 Å². The molecule has 1 aliphatic rings.